The second-order valence-corrected chi connectivity index (χ2v) is 10.1. The van der Waals surface area contributed by atoms with Gasteiger partial charge in [-0.25, -0.2) is 0 Å². The monoisotopic (exact) mass is 506 g/mol. The molecule has 2 amide bonds. The Morgan fingerprint density at radius 3 is 2.53 bits per heavy atom. The third-order valence-corrected chi connectivity index (χ3v) is 7.82. The third-order valence-electron chi connectivity index (χ3n) is 6.83. The molecule has 1 aromatic heterocycles. The lowest BCUT2D eigenvalue weighted by Gasteiger charge is -2.38. The Bertz CT molecular complexity index is 1160. The van der Waals surface area contributed by atoms with Crippen molar-refractivity contribution < 1.29 is 19.1 Å². The van der Waals surface area contributed by atoms with Gasteiger partial charge >= 0.3 is 0 Å². The van der Waals surface area contributed by atoms with Gasteiger partial charge < -0.3 is 19.3 Å². The van der Waals surface area contributed by atoms with Crippen LogP contribution in [0.25, 0.3) is 0 Å². The van der Waals surface area contributed by atoms with E-state index in [0.717, 1.165) is 24.0 Å². The highest BCUT2D eigenvalue weighted by atomic mass is 32.1. The minimum atomic E-state index is -0.222. The van der Waals surface area contributed by atoms with Crippen LogP contribution in [0.2, 0.25) is 0 Å². The number of carbonyl (C=O) groups is 2. The van der Waals surface area contributed by atoms with E-state index in [9.17, 15) is 9.59 Å². The molecule has 2 atom stereocenters. The first-order chi connectivity index (χ1) is 17.5. The molecule has 0 N–H and O–H groups in total. The highest BCUT2D eigenvalue weighted by molar-refractivity contribution is 7.10. The predicted octanol–water partition coefficient (Wildman–Crippen LogP) is 5.13. The maximum atomic E-state index is 13.7. The summed E-state index contributed by atoms with van der Waals surface area (Å²) in [7, 11) is 1.62. The van der Waals surface area contributed by atoms with E-state index in [4.69, 9.17) is 9.47 Å². The molecule has 6 nitrogen and oxygen atoms in total. The zero-order valence-corrected chi connectivity index (χ0v) is 22.0. The van der Waals surface area contributed by atoms with Crippen LogP contribution in [0.4, 0.5) is 0 Å². The van der Waals surface area contributed by atoms with Crippen LogP contribution >= 0.6 is 11.3 Å². The Morgan fingerprint density at radius 2 is 1.81 bits per heavy atom. The summed E-state index contributed by atoms with van der Waals surface area (Å²) in [6.07, 6.45) is 1.88. The number of rotatable bonds is 10. The predicted molar refractivity (Wildman–Crippen MR) is 143 cm³/mol. The Kier molecular flexibility index (Phi) is 8.65. The van der Waals surface area contributed by atoms with Crippen LogP contribution in [0.3, 0.4) is 0 Å². The van der Waals surface area contributed by atoms with Crippen LogP contribution in [0, 0.1) is 0 Å². The van der Waals surface area contributed by atoms with E-state index in [1.165, 1.54) is 4.88 Å². The van der Waals surface area contributed by atoms with Crippen LogP contribution in [0.15, 0.2) is 66.0 Å². The lowest BCUT2D eigenvalue weighted by Crippen LogP contribution is -2.50. The number of amides is 2. The van der Waals surface area contributed by atoms with Crippen LogP contribution in [-0.4, -0.2) is 54.5 Å². The highest BCUT2D eigenvalue weighted by Crippen LogP contribution is 2.35. The zero-order chi connectivity index (χ0) is 25.5. The van der Waals surface area contributed by atoms with Crippen LogP contribution in [-0.2, 0) is 22.4 Å². The number of carbonyl (C=O) groups excluding carboxylic acids is 2. The van der Waals surface area contributed by atoms with Crippen molar-refractivity contribution in [1.82, 2.24) is 9.80 Å². The first-order valence-corrected chi connectivity index (χ1v) is 13.3. The van der Waals surface area contributed by atoms with E-state index in [0.29, 0.717) is 24.7 Å². The summed E-state index contributed by atoms with van der Waals surface area (Å²) >= 11 is 1.72. The average Bonchev–Trinajstić information content (AvgIpc) is 3.39. The smallest absolute Gasteiger partial charge is 0.242 e. The quantitative estimate of drug-likeness (QED) is 0.383. The largest absolute Gasteiger partial charge is 0.493 e. The van der Waals surface area contributed by atoms with Crippen molar-refractivity contribution in [2.24, 2.45) is 0 Å². The fourth-order valence-corrected chi connectivity index (χ4v) is 5.53. The van der Waals surface area contributed by atoms with E-state index in [-0.39, 0.29) is 36.9 Å². The van der Waals surface area contributed by atoms with Crippen molar-refractivity contribution in [2.75, 3.05) is 26.8 Å². The number of hydrogen-bond acceptors (Lipinski definition) is 5. The number of fused-ring (bicyclic) bond motifs is 1. The van der Waals surface area contributed by atoms with E-state index in [1.807, 2.05) is 73.3 Å². The Labute approximate surface area is 217 Å². The second-order valence-electron chi connectivity index (χ2n) is 9.06. The van der Waals surface area contributed by atoms with Gasteiger partial charge in [0.05, 0.1) is 19.6 Å². The van der Waals surface area contributed by atoms with E-state index in [1.54, 1.807) is 23.3 Å². The zero-order valence-electron chi connectivity index (χ0n) is 21.2. The molecule has 36 heavy (non-hydrogen) atoms. The molecule has 0 bridgehead atoms. The number of ether oxygens (including phenoxy) is 2. The first-order valence-electron chi connectivity index (χ1n) is 12.5. The first kappa shape index (κ1) is 25.8. The number of para-hydroxylation sites is 2. The molecule has 1 aliphatic rings. The topological polar surface area (TPSA) is 59.1 Å². The highest BCUT2D eigenvalue weighted by Gasteiger charge is 2.34. The van der Waals surface area contributed by atoms with Gasteiger partial charge in [-0.05, 0) is 54.5 Å². The van der Waals surface area contributed by atoms with E-state index in [2.05, 4.69) is 11.4 Å². The van der Waals surface area contributed by atoms with Gasteiger partial charge in [0, 0.05) is 17.5 Å². The number of hydrogen-bond donors (Lipinski definition) is 0. The molecule has 0 radical (unpaired) electrons. The minimum absolute atomic E-state index is 0.0287. The van der Waals surface area contributed by atoms with Gasteiger partial charge in [0.15, 0.2) is 11.5 Å². The molecule has 4 rings (SSSR count). The number of nitrogens with zero attached hydrogens (tertiary/aromatic N) is 2. The fraction of sp³-hybridized carbons (Fsp3) is 0.379. The summed E-state index contributed by atoms with van der Waals surface area (Å²) in [6, 6.07) is 19.1. The summed E-state index contributed by atoms with van der Waals surface area (Å²) in [5.74, 6) is 1.22. The van der Waals surface area contributed by atoms with Gasteiger partial charge in [0.2, 0.25) is 11.8 Å². The lowest BCUT2D eigenvalue weighted by molar-refractivity contribution is -0.144. The van der Waals surface area contributed by atoms with Gasteiger partial charge in [0.1, 0.15) is 13.2 Å². The van der Waals surface area contributed by atoms with Crippen LogP contribution < -0.4 is 9.47 Å². The van der Waals surface area contributed by atoms with Gasteiger partial charge in [-0.1, -0.05) is 49.4 Å². The Hall–Kier alpha value is -3.32. The maximum absolute atomic E-state index is 13.7. The van der Waals surface area contributed by atoms with Crippen LogP contribution in [0.1, 0.15) is 42.3 Å². The number of methoxy groups -OCH3 is 1. The molecular formula is C29H34N2O4S. The van der Waals surface area contributed by atoms with E-state index < -0.39 is 0 Å². The average molecular weight is 507 g/mol. The normalized spacial score (nSPS) is 15.6. The molecule has 0 spiro atoms. The molecule has 0 aliphatic carbocycles. The lowest BCUT2D eigenvalue weighted by atomic mass is 10.00. The molecule has 0 fully saturated rings. The summed E-state index contributed by atoms with van der Waals surface area (Å²) < 4.78 is 11.6. The molecule has 2 aromatic carbocycles. The summed E-state index contributed by atoms with van der Waals surface area (Å²) in [6.45, 7) is 5.03. The van der Waals surface area contributed by atoms with Crippen molar-refractivity contribution in [3.8, 4) is 11.5 Å². The van der Waals surface area contributed by atoms with E-state index >= 15 is 0 Å². The van der Waals surface area contributed by atoms with Crippen molar-refractivity contribution >= 4 is 23.2 Å². The molecule has 1 aliphatic heterocycles. The number of thiophene rings is 1. The fourth-order valence-electron chi connectivity index (χ4n) is 4.60. The van der Waals surface area contributed by atoms with Crippen molar-refractivity contribution in [1.29, 1.82) is 0 Å². The summed E-state index contributed by atoms with van der Waals surface area (Å²) in [5.41, 5.74) is 2.08. The molecular weight excluding hydrogens is 472 g/mol. The molecule has 0 saturated carbocycles. The molecule has 0 unspecified atom stereocenters. The second kappa shape index (κ2) is 12.1. The van der Waals surface area contributed by atoms with Gasteiger partial charge in [-0.2, -0.15) is 0 Å². The molecule has 0 saturated heterocycles. The molecule has 190 valence electrons. The Balaban J connectivity index is 1.52. The van der Waals surface area contributed by atoms with Gasteiger partial charge in [0.25, 0.3) is 0 Å². The van der Waals surface area contributed by atoms with Crippen molar-refractivity contribution in [3.63, 3.8) is 0 Å². The molecule has 2 heterocycles. The summed E-state index contributed by atoms with van der Waals surface area (Å²) in [5, 5.41) is 2.07. The van der Waals surface area contributed by atoms with Gasteiger partial charge in [-0.3, -0.25) is 9.59 Å². The van der Waals surface area contributed by atoms with Crippen molar-refractivity contribution in [3.05, 3.63) is 82.0 Å². The SMILES string of the molecule is CC[C@H](C)N(CC(=O)N1CCc2sccc2[C@@H]1COc1ccccc1OC)C(=O)Cc1ccccc1. The van der Waals surface area contributed by atoms with Gasteiger partial charge in [-0.15, -0.1) is 11.3 Å². The van der Waals surface area contributed by atoms with Crippen molar-refractivity contribution in [2.45, 2.75) is 45.2 Å². The minimum Gasteiger partial charge on any atom is -0.493 e. The molecule has 7 heteroatoms. The number of benzene rings is 2. The summed E-state index contributed by atoms with van der Waals surface area (Å²) in [4.78, 5) is 31.9. The third kappa shape index (κ3) is 5.90. The Morgan fingerprint density at radius 1 is 1.08 bits per heavy atom. The standard InChI is InChI=1S/C29H34N2O4S/c1-4-21(2)31(28(32)18-22-10-6-5-7-11-22)19-29(33)30-16-14-27-23(15-17-36-27)24(30)20-35-26-13-9-8-12-25(26)34-3/h5-13,15,17,21,24H,4,14,16,18-20H2,1-3H3/t21-,24-/m0/s1. The maximum Gasteiger partial charge on any atom is 0.242 e. The molecule has 3 aromatic rings. The van der Waals surface area contributed by atoms with Crippen LogP contribution in [0.5, 0.6) is 11.5 Å².